The number of rotatable bonds is 8. The highest BCUT2D eigenvalue weighted by Crippen LogP contribution is 2.30. The van der Waals surface area contributed by atoms with Crippen molar-refractivity contribution in [2.75, 3.05) is 12.3 Å². The number of thioether (sulfide) groups is 1. The lowest BCUT2D eigenvalue weighted by molar-refractivity contribution is -0.118. The van der Waals surface area contributed by atoms with Crippen LogP contribution in [0, 0.1) is 13.8 Å². The number of hydrogen-bond donors (Lipinski definition) is 1. The summed E-state index contributed by atoms with van der Waals surface area (Å²) in [5.41, 5.74) is 7.33. The molecule has 2 aromatic carbocycles. The Morgan fingerprint density at radius 3 is 2.21 bits per heavy atom. The van der Waals surface area contributed by atoms with Gasteiger partial charge in [0.1, 0.15) is 11.4 Å². The third-order valence-corrected chi connectivity index (χ3v) is 6.64. The van der Waals surface area contributed by atoms with Crippen LogP contribution < -0.4 is 5.32 Å². The molecule has 170 valence electrons. The topological polar surface area (TPSA) is 67.8 Å². The second-order valence-corrected chi connectivity index (χ2v) is 9.46. The Balaban J connectivity index is 1.45. The average Bonchev–Trinajstić information content (AvgIpc) is 2.84. The lowest BCUT2D eigenvalue weighted by atomic mass is 9.97. The summed E-state index contributed by atoms with van der Waals surface area (Å²) in [5.74, 6) is 0.275. The highest BCUT2D eigenvalue weighted by molar-refractivity contribution is 7.99. The zero-order valence-electron chi connectivity index (χ0n) is 19.3. The van der Waals surface area contributed by atoms with Gasteiger partial charge in [-0.2, -0.15) is 0 Å². The number of hydrogen-bond acceptors (Lipinski definition) is 5. The van der Waals surface area contributed by atoms with Crippen LogP contribution in [0.1, 0.15) is 43.2 Å². The molecule has 4 rings (SSSR count). The van der Waals surface area contributed by atoms with E-state index < -0.39 is 0 Å². The quantitative estimate of drug-likeness (QED) is 0.335. The molecule has 6 heteroatoms. The monoisotopic (exact) mass is 458 g/mol. The van der Waals surface area contributed by atoms with Crippen molar-refractivity contribution in [2.45, 2.75) is 51.1 Å². The molecule has 1 amide bonds. The summed E-state index contributed by atoms with van der Waals surface area (Å²) >= 11 is 1.32. The second kappa shape index (κ2) is 11.2. The molecule has 1 N–H and O–H groups in total. The van der Waals surface area contributed by atoms with Crippen LogP contribution in [0.15, 0.2) is 65.3 Å². The molecule has 0 aliphatic heterocycles. The minimum Gasteiger partial charge on any atom is -0.355 e. The van der Waals surface area contributed by atoms with Gasteiger partial charge in [0, 0.05) is 17.7 Å². The van der Waals surface area contributed by atoms with E-state index in [0.29, 0.717) is 11.7 Å². The van der Waals surface area contributed by atoms with Crippen LogP contribution in [0.5, 0.6) is 0 Å². The number of aryl methyl sites for hydroxylation is 2. The van der Waals surface area contributed by atoms with E-state index in [9.17, 15) is 4.79 Å². The van der Waals surface area contributed by atoms with Crippen LogP contribution >= 0.6 is 11.8 Å². The summed E-state index contributed by atoms with van der Waals surface area (Å²) in [4.78, 5) is 17.1. The molecule has 0 saturated heterocycles. The lowest BCUT2D eigenvalue weighted by Crippen LogP contribution is -2.26. The number of carbonyl (C=O) groups is 1. The van der Waals surface area contributed by atoms with Gasteiger partial charge in [0.25, 0.3) is 0 Å². The summed E-state index contributed by atoms with van der Waals surface area (Å²) in [6.07, 6.45) is 8.16. The summed E-state index contributed by atoms with van der Waals surface area (Å²) in [5, 5.41) is 12.4. The van der Waals surface area contributed by atoms with Crippen molar-refractivity contribution in [3.63, 3.8) is 0 Å². The van der Waals surface area contributed by atoms with Crippen LogP contribution in [0.25, 0.3) is 22.5 Å². The number of amides is 1. The largest absolute Gasteiger partial charge is 0.355 e. The van der Waals surface area contributed by atoms with Crippen molar-refractivity contribution in [1.82, 2.24) is 20.5 Å². The molecule has 33 heavy (non-hydrogen) atoms. The number of benzene rings is 2. The van der Waals surface area contributed by atoms with Gasteiger partial charge in [-0.05, 0) is 46.0 Å². The first kappa shape index (κ1) is 23.2. The first-order valence-corrected chi connectivity index (χ1v) is 12.5. The van der Waals surface area contributed by atoms with E-state index in [0.717, 1.165) is 28.9 Å². The fraction of sp³-hybridized carbons (Fsp3) is 0.333. The minimum atomic E-state index is -0.000457. The van der Waals surface area contributed by atoms with Gasteiger partial charge in [0.05, 0.1) is 5.75 Å². The van der Waals surface area contributed by atoms with Gasteiger partial charge < -0.3 is 5.32 Å². The van der Waals surface area contributed by atoms with E-state index in [1.807, 2.05) is 12.1 Å². The molecule has 5 nitrogen and oxygen atoms in total. The molecule has 0 bridgehead atoms. The highest BCUT2D eigenvalue weighted by Gasteiger charge is 2.15. The molecule has 1 heterocycles. The number of nitrogens with one attached hydrogen (secondary N) is 1. The third kappa shape index (κ3) is 6.51. The summed E-state index contributed by atoms with van der Waals surface area (Å²) < 4.78 is 0. The fourth-order valence-electron chi connectivity index (χ4n) is 3.87. The lowest BCUT2D eigenvalue weighted by Gasteiger charge is -2.13. The maximum atomic E-state index is 12.3. The number of carbonyl (C=O) groups excluding carboxylic acids is 1. The first-order chi connectivity index (χ1) is 16.1. The van der Waals surface area contributed by atoms with Crippen molar-refractivity contribution in [3.8, 4) is 22.5 Å². The molecule has 0 atom stereocenters. The summed E-state index contributed by atoms with van der Waals surface area (Å²) in [6, 6.07) is 16.5. The van der Waals surface area contributed by atoms with E-state index in [-0.39, 0.29) is 11.7 Å². The Morgan fingerprint density at radius 1 is 0.909 bits per heavy atom. The van der Waals surface area contributed by atoms with Crippen LogP contribution in [-0.4, -0.2) is 33.4 Å². The molecule has 0 saturated carbocycles. The highest BCUT2D eigenvalue weighted by atomic mass is 32.2. The molecular formula is C27H30N4OS. The predicted octanol–water partition coefficient (Wildman–Crippen LogP) is 5.92. The van der Waals surface area contributed by atoms with Gasteiger partial charge >= 0.3 is 0 Å². The van der Waals surface area contributed by atoms with E-state index in [2.05, 4.69) is 71.8 Å². The number of nitrogens with zero attached hydrogens (tertiary/aromatic N) is 3. The van der Waals surface area contributed by atoms with Gasteiger partial charge in [0.15, 0.2) is 0 Å². The van der Waals surface area contributed by atoms with E-state index >= 15 is 0 Å². The van der Waals surface area contributed by atoms with Gasteiger partial charge in [0.2, 0.25) is 11.1 Å². The standard InChI is InChI=1S/C27H30N4OS/c1-19-8-12-22(13-9-19)25-26(23-14-10-20(2)11-15-23)30-31-27(29-25)33-18-24(32)28-17-16-21-6-4-3-5-7-21/h6,8-15H,3-5,7,16-18H2,1-2H3,(H,28,32). The van der Waals surface area contributed by atoms with Crippen molar-refractivity contribution in [3.05, 3.63) is 71.3 Å². The average molecular weight is 459 g/mol. The molecule has 1 aliphatic carbocycles. The normalized spacial score (nSPS) is 13.5. The molecule has 0 radical (unpaired) electrons. The third-order valence-electron chi connectivity index (χ3n) is 5.80. The molecule has 0 spiro atoms. The van der Waals surface area contributed by atoms with Gasteiger partial charge in [-0.3, -0.25) is 4.79 Å². The smallest absolute Gasteiger partial charge is 0.230 e. The zero-order valence-corrected chi connectivity index (χ0v) is 20.1. The van der Waals surface area contributed by atoms with Crippen LogP contribution in [-0.2, 0) is 4.79 Å². The maximum Gasteiger partial charge on any atom is 0.230 e. The molecule has 1 aliphatic rings. The second-order valence-electron chi connectivity index (χ2n) is 8.52. The fourth-order valence-corrected chi connectivity index (χ4v) is 4.48. The summed E-state index contributed by atoms with van der Waals surface area (Å²) in [6.45, 7) is 4.81. The Kier molecular flexibility index (Phi) is 7.89. The SMILES string of the molecule is Cc1ccc(-c2nnc(SCC(=O)NCCC3=CCCCC3)nc2-c2ccc(C)cc2)cc1. The first-order valence-electron chi connectivity index (χ1n) is 11.5. The molecule has 0 fully saturated rings. The predicted molar refractivity (Wildman–Crippen MR) is 135 cm³/mol. The molecule has 1 aromatic heterocycles. The van der Waals surface area contributed by atoms with Gasteiger partial charge in [-0.25, -0.2) is 4.98 Å². The van der Waals surface area contributed by atoms with E-state index in [1.54, 1.807) is 0 Å². The Labute approximate surface area is 200 Å². The van der Waals surface area contributed by atoms with Crippen LogP contribution in [0.4, 0.5) is 0 Å². The Morgan fingerprint density at radius 2 is 1.58 bits per heavy atom. The zero-order chi connectivity index (χ0) is 23.0. The Bertz CT molecular complexity index is 1120. The molecule has 0 unspecified atom stereocenters. The van der Waals surface area contributed by atoms with Crippen molar-refractivity contribution >= 4 is 17.7 Å². The number of allylic oxidation sites excluding steroid dienone is 1. The van der Waals surface area contributed by atoms with Crippen LogP contribution in [0.2, 0.25) is 0 Å². The molecule has 3 aromatic rings. The van der Waals surface area contributed by atoms with Crippen molar-refractivity contribution in [2.24, 2.45) is 0 Å². The van der Waals surface area contributed by atoms with Gasteiger partial charge in [-0.15, -0.1) is 10.2 Å². The van der Waals surface area contributed by atoms with Crippen LogP contribution in [0.3, 0.4) is 0 Å². The molecular weight excluding hydrogens is 428 g/mol. The maximum absolute atomic E-state index is 12.3. The summed E-state index contributed by atoms with van der Waals surface area (Å²) in [7, 11) is 0. The minimum absolute atomic E-state index is 0.000457. The van der Waals surface area contributed by atoms with Crippen molar-refractivity contribution < 1.29 is 4.79 Å². The van der Waals surface area contributed by atoms with E-state index in [1.165, 1.54) is 54.1 Å². The Hall–Kier alpha value is -2.99. The van der Waals surface area contributed by atoms with E-state index in [4.69, 9.17) is 4.98 Å². The van der Waals surface area contributed by atoms with Gasteiger partial charge in [-0.1, -0.05) is 83.1 Å². The number of aromatic nitrogens is 3. The van der Waals surface area contributed by atoms with Crippen molar-refractivity contribution in [1.29, 1.82) is 0 Å².